The summed E-state index contributed by atoms with van der Waals surface area (Å²) >= 11 is 0. The fourth-order valence-corrected chi connectivity index (χ4v) is 0. The van der Waals surface area contributed by atoms with Gasteiger partial charge in [0, 0.05) is 27.7 Å². The SMILES string of the molecule is O=[NH+][O-].[Ag].[NaH]. The standard InChI is InChI=1S/Ag.HNO2.Na.H/c;2-1-3;;/h;1H;;. The average molecular weight is 179 g/mol. The predicted octanol–water partition coefficient (Wildman–Crippen LogP) is -2.32. The molecule has 1 radical (unpaired) electrons. The zero-order chi connectivity index (χ0) is 2.71. The van der Waals surface area contributed by atoms with Gasteiger partial charge in [-0.25, -0.2) is 0 Å². The number of nitrogens with one attached hydrogen (secondary N) is 1. The Bertz CT molecular complexity index is 17.1. The summed E-state index contributed by atoms with van der Waals surface area (Å²) in [4.78, 5) is 8.12. The van der Waals surface area contributed by atoms with Crippen molar-refractivity contribution in [3.8, 4) is 0 Å². The molecule has 0 amide bonds. The molecule has 0 aliphatic heterocycles. The maximum absolute atomic E-state index is 8.12. The molecule has 0 aliphatic rings. The first kappa shape index (κ1) is 16.5. The second-order valence-electron chi connectivity index (χ2n) is 0.0833. The van der Waals surface area contributed by atoms with E-state index in [0.29, 0.717) is 0 Å². The summed E-state index contributed by atoms with van der Waals surface area (Å²) in [7, 11) is 0. The van der Waals surface area contributed by atoms with Gasteiger partial charge in [-0.3, -0.25) is 10.1 Å². The Morgan fingerprint density at radius 1 is 1.60 bits per heavy atom. The van der Waals surface area contributed by atoms with E-state index in [2.05, 4.69) is 0 Å². The molecule has 31 valence electrons. The van der Waals surface area contributed by atoms with Gasteiger partial charge in [0.2, 0.25) is 0 Å². The van der Waals surface area contributed by atoms with Gasteiger partial charge in [-0.15, -0.1) is 0 Å². The molecule has 3 nitrogen and oxygen atoms in total. The molecule has 0 rings (SSSR count). The van der Waals surface area contributed by atoms with Crippen LogP contribution in [0.5, 0.6) is 0 Å². The van der Waals surface area contributed by atoms with E-state index >= 15 is 0 Å². The van der Waals surface area contributed by atoms with Gasteiger partial charge in [-0.05, 0) is 0 Å². The second-order valence-corrected chi connectivity index (χ2v) is 0.0833. The van der Waals surface area contributed by atoms with Crippen LogP contribution in [0.15, 0.2) is 0 Å². The van der Waals surface area contributed by atoms with Crippen LogP contribution >= 0.6 is 0 Å². The minimum absolute atomic E-state index is 0. The number of hydrogen-bond donors (Lipinski definition) is 1. The van der Waals surface area contributed by atoms with Crippen molar-refractivity contribution in [1.29, 1.82) is 0 Å². The van der Waals surface area contributed by atoms with Crippen molar-refractivity contribution >= 4 is 29.6 Å². The number of hydrogen-bond acceptors (Lipinski definition) is 2. The third-order valence-corrected chi connectivity index (χ3v) is 0. The molecule has 0 saturated carbocycles. The topological polar surface area (TPSA) is 54.1 Å². The van der Waals surface area contributed by atoms with Gasteiger partial charge in [-0.1, -0.05) is 0 Å². The van der Waals surface area contributed by atoms with Crippen molar-refractivity contribution < 1.29 is 27.7 Å². The van der Waals surface area contributed by atoms with E-state index in [9.17, 15) is 0 Å². The van der Waals surface area contributed by atoms with E-state index in [-0.39, 0.29) is 57.3 Å². The van der Waals surface area contributed by atoms with Crippen LogP contribution in [-0.4, -0.2) is 29.6 Å². The summed E-state index contributed by atoms with van der Waals surface area (Å²) in [6.07, 6.45) is 0. The Balaban J connectivity index is -0.0000000200. The van der Waals surface area contributed by atoms with Crippen LogP contribution in [-0.2, 0) is 22.4 Å². The molecule has 0 atom stereocenters. The molecule has 0 aromatic rings. The van der Waals surface area contributed by atoms with E-state index in [1.165, 1.54) is 0 Å². The summed E-state index contributed by atoms with van der Waals surface area (Å²) in [5, 5.41) is 8.38. The Hall–Kier alpha value is 1.14. The van der Waals surface area contributed by atoms with E-state index in [1.807, 2.05) is 0 Å². The molecule has 0 saturated heterocycles. The van der Waals surface area contributed by atoms with Crippen molar-refractivity contribution in [3.05, 3.63) is 10.1 Å². The van der Waals surface area contributed by atoms with Crippen molar-refractivity contribution in [1.82, 2.24) is 0 Å². The first-order valence-corrected chi connectivity index (χ1v) is 0.408. The van der Waals surface area contributed by atoms with Crippen LogP contribution in [0.2, 0.25) is 0 Å². The molecule has 0 spiro atoms. The summed E-state index contributed by atoms with van der Waals surface area (Å²) in [5.74, 6) is 0. The van der Waals surface area contributed by atoms with Gasteiger partial charge in [0.25, 0.3) is 0 Å². The zero-order valence-corrected chi connectivity index (χ0v) is 3.10. The first-order chi connectivity index (χ1) is 1.41. The van der Waals surface area contributed by atoms with Gasteiger partial charge in [-0.2, -0.15) is 0 Å². The molecule has 5 heteroatoms. The molecular formula is H2AgNNaO2. The van der Waals surface area contributed by atoms with Crippen LogP contribution in [0.3, 0.4) is 0 Å². The molecular weight excluding hydrogens is 177 g/mol. The van der Waals surface area contributed by atoms with E-state index in [0.717, 1.165) is 0 Å². The number of rotatable bonds is 0. The molecule has 0 aromatic heterocycles. The molecule has 0 unspecified atom stereocenters. The van der Waals surface area contributed by atoms with Crippen LogP contribution in [0, 0.1) is 10.1 Å². The fraction of sp³-hybridized carbons (Fsp3) is 0. The van der Waals surface area contributed by atoms with Crippen LogP contribution < -0.4 is 5.34 Å². The Morgan fingerprint density at radius 2 is 1.60 bits per heavy atom. The third kappa shape index (κ3) is 39.0. The zero-order valence-electron chi connectivity index (χ0n) is 1.62. The van der Waals surface area contributed by atoms with Crippen LogP contribution in [0.1, 0.15) is 0 Å². The van der Waals surface area contributed by atoms with Gasteiger partial charge >= 0.3 is 29.6 Å². The third-order valence-electron chi connectivity index (χ3n) is 0. The van der Waals surface area contributed by atoms with Gasteiger partial charge in [0.15, 0.2) is 0 Å². The van der Waals surface area contributed by atoms with Crippen molar-refractivity contribution in [2.75, 3.05) is 0 Å². The summed E-state index contributed by atoms with van der Waals surface area (Å²) in [6.45, 7) is 0. The monoisotopic (exact) mass is 178 g/mol. The predicted molar refractivity (Wildman–Crippen MR) is 14.8 cm³/mol. The summed E-state index contributed by atoms with van der Waals surface area (Å²) in [6, 6.07) is 0. The molecule has 0 bridgehead atoms. The van der Waals surface area contributed by atoms with Crippen molar-refractivity contribution in [3.63, 3.8) is 0 Å². The van der Waals surface area contributed by atoms with Crippen LogP contribution in [0.4, 0.5) is 0 Å². The van der Waals surface area contributed by atoms with Crippen LogP contribution in [0.25, 0.3) is 0 Å². The average Bonchev–Trinajstić information content (AvgIpc) is 0.918. The van der Waals surface area contributed by atoms with Gasteiger partial charge in [0.1, 0.15) is 0 Å². The Labute approximate surface area is 66.9 Å². The maximum atomic E-state index is 8.12. The second kappa shape index (κ2) is 19.2. The fourth-order valence-electron chi connectivity index (χ4n) is 0. The normalized spacial score (nSPS) is 2.40. The summed E-state index contributed by atoms with van der Waals surface area (Å²) in [5.41, 5.74) is 0. The van der Waals surface area contributed by atoms with E-state index in [1.54, 1.807) is 0 Å². The van der Waals surface area contributed by atoms with Gasteiger partial charge < -0.3 is 0 Å². The molecule has 0 aromatic carbocycles. The Kier molecular flexibility index (Phi) is 63.3. The van der Waals surface area contributed by atoms with Gasteiger partial charge in [0.05, 0.1) is 0 Å². The Morgan fingerprint density at radius 3 is 1.60 bits per heavy atom. The summed E-state index contributed by atoms with van der Waals surface area (Å²) < 4.78 is 0. The van der Waals surface area contributed by atoms with E-state index in [4.69, 9.17) is 10.1 Å². The molecule has 5 heavy (non-hydrogen) atoms. The molecule has 0 aliphatic carbocycles. The molecule has 0 heterocycles. The first-order valence-electron chi connectivity index (χ1n) is 0.408. The molecule has 0 fully saturated rings. The van der Waals surface area contributed by atoms with Crippen molar-refractivity contribution in [2.24, 2.45) is 0 Å². The van der Waals surface area contributed by atoms with Crippen molar-refractivity contribution in [2.45, 2.75) is 0 Å². The van der Waals surface area contributed by atoms with E-state index < -0.39 is 0 Å². The minimum atomic E-state index is 0. The molecule has 1 N–H and O–H groups in total. The quantitative estimate of drug-likeness (QED) is 0.258.